The summed E-state index contributed by atoms with van der Waals surface area (Å²) in [6.07, 6.45) is 1.57. The minimum atomic E-state index is -0.425. The molecule has 0 atom stereocenters. The molecule has 2 aromatic carbocycles. The maximum atomic E-state index is 13.4. The highest BCUT2D eigenvalue weighted by molar-refractivity contribution is 7.22. The van der Waals surface area contributed by atoms with Crippen molar-refractivity contribution in [3.8, 4) is 10.4 Å². The van der Waals surface area contributed by atoms with E-state index < -0.39 is 5.63 Å². The van der Waals surface area contributed by atoms with Crippen molar-refractivity contribution in [1.29, 1.82) is 0 Å². The highest BCUT2D eigenvalue weighted by atomic mass is 32.1. The summed E-state index contributed by atoms with van der Waals surface area (Å²) in [5.74, 6) is 0. The molecule has 0 radical (unpaired) electrons. The van der Waals surface area contributed by atoms with E-state index >= 15 is 0 Å². The summed E-state index contributed by atoms with van der Waals surface area (Å²) in [6, 6.07) is 15.4. The van der Waals surface area contributed by atoms with E-state index in [1.165, 1.54) is 17.4 Å². The molecule has 5 aromatic rings. The first-order chi connectivity index (χ1) is 14.9. The van der Waals surface area contributed by atoms with Gasteiger partial charge in [-0.2, -0.15) is 0 Å². The van der Waals surface area contributed by atoms with Crippen LogP contribution in [0.25, 0.3) is 31.6 Å². The fraction of sp³-hybridized carbons (Fsp3) is 0.160. The topological polar surface area (TPSA) is 65.1 Å². The standard InChI is InChI=1S/C25H20N2O3S/c1-14-9-19-18(11-21(28)30-20(19)10-15(14)2)12-27-13-26-24-22(25(27)29)16(3)23(31-24)17-7-5-4-6-8-17/h4-11,13H,12H2,1-3H3. The van der Waals surface area contributed by atoms with Gasteiger partial charge in [0, 0.05) is 16.3 Å². The van der Waals surface area contributed by atoms with Gasteiger partial charge in [-0.3, -0.25) is 9.36 Å². The summed E-state index contributed by atoms with van der Waals surface area (Å²) in [6.45, 7) is 6.21. The average molecular weight is 429 g/mol. The first-order valence-corrected chi connectivity index (χ1v) is 10.8. The zero-order chi connectivity index (χ0) is 21.7. The van der Waals surface area contributed by atoms with Gasteiger partial charge in [0.15, 0.2) is 0 Å². The Hall–Kier alpha value is -3.51. The van der Waals surface area contributed by atoms with Crippen molar-refractivity contribution >= 4 is 32.5 Å². The zero-order valence-corrected chi connectivity index (χ0v) is 18.2. The van der Waals surface area contributed by atoms with E-state index in [0.717, 1.165) is 42.9 Å². The van der Waals surface area contributed by atoms with Crippen LogP contribution in [-0.4, -0.2) is 9.55 Å². The van der Waals surface area contributed by atoms with Crippen LogP contribution in [-0.2, 0) is 6.54 Å². The molecule has 0 saturated heterocycles. The average Bonchev–Trinajstić information content (AvgIpc) is 3.09. The lowest BCUT2D eigenvalue weighted by molar-refractivity contribution is 0.557. The highest BCUT2D eigenvalue weighted by Crippen LogP contribution is 2.35. The monoisotopic (exact) mass is 428 g/mol. The lowest BCUT2D eigenvalue weighted by atomic mass is 10.0. The maximum Gasteiger partial charge on any atom is 0.336 e. The van der Waals surface area contributed by atoms with Crippen LogP contribution in [0.5, 0.6) is 0 Å². The molecular weight excluding hydrogens is 408 g/mol. The van der Waals surface area contributed by atoms with Crippen LogP contribution < -0.4 is 11.2 Å². The summed E-state index contributed by atoms with van der Waals surface area (Å²) in [5.41, 5.74) is 4.91. The normalized spacial score (nSPS) is 11.5. The fourth-order valence-corrected chi connectivity index (χ4v) is 5.08. The fourth-order valence-electron chi connectivity index (χ4n) is 3.93. The molecule has 0 aliphatic carbocycles. The van der Waals surface area contributed by atoms with Gasteiger partial charge in [-0.15, -0.1) is 11.3 Å². The van der Waals surface area contributed by atoms with Gasteiger partial charge in [0.25, 0.3) is 5.56 Å². The van der Waals surface area contributed by atoms with Crippen molar-refractivity contribution in [2.45, 2.75) is 27.3 Å². The van der Waals surface area contributed by atoms with Crippen molar-refractivity contribution in [1.82, 2.24) is 9.55 Å². The van der Waals surface area contributed by atoms with E-state index in [1.54, 1.807) is 10.9 Å². The summed E-state index contributed by atoms with van der Waals surface area (Å²) in [4.78, 5) is 31.8. The van der Waals surface area contributed by atoms with Crippen LogP contribution in [0.4, 0.5) is 0 Å². The molecule has 0 N–H and O–H groups in total. The summed E-state index contributed by atoms with van der Waals surface area (Å²) in [7, 11) is 0. The Bertz CT molecular complexity index is 1580. The molecule has 5 rings (SSSR count). The molecule has 0 aliphatic rings. The minimum Gasteiger partial charge on any atom is -0.423 e. The number of rotatable bonds is 3. The van der Waals surface area contributed by atoms with Crippen LogP contribution in [0.1, 0.15) is 22.3 Å². The van der Waals surface area contributed by atoms with E-state index in [2.05, 4.69) is 4.98 Å². The second kappa shape index (κ2) is 7.32. The molecule has 0 aliphatic heterocycles. The molecule has 0 fully saturated rings. The Labute approximate surface area is 182 Å². The Morgan fingerprint density at radius 1 is 1.00 bits per heavy atom. The number of benzene rings is 2. The molecule has 0 amide bonds. The number of hydrogen-bond acceptors (Lipinski definition) is 5. The zero-order valence-electron chi connectivity index (χ0n) is 17.4. The van der Waals surface area contributed by atoms with Crippen molar-refractivity contribution in [2.75, 3.05) is 0 Å². The maximum absolute atomic E-state index is 13.4. The second-order valence-corrected chi connectivity index (χ2v) is 8.80. The SMILES string of the molecule is Cc1cc2oc(=O)cc(Cn3cnc4sc(-c5ccccc5)c(C)c4c3=O)c2cc1C. The number of aromatic nitrogens is 2. The highest BCUT2D eigenvalue weighted by Gasteiger charge is 2.17. The van der Waals surface area contributed by atoms with Gasteiger partial charge in [0.2, 0.25) is 0 Å². The van der Waals surface area contributed by atoms with E-state index in [9.17, 15) is 9.59 Å². The van der Waals surface area contributed by atoms with Crippen LogP contribution >= 0.6 is 11.3 Å². The Kier molecular flexibility index (Phi) is 4.59. The molecular formula is C25H20N2O3S. The smallest absolute Gasteiger partial charge is 0.336 e. The first-order valence-electron chi connectivity index (χ1n) is 10.0. The van der Waals surface area contributed by atoms with E-state index in [1.807, 2.05) is 63.2 Å². The number of thiophene rings is 1. The van der Waals surface area contributed by atoms with E-state index in [0.29, 0.717) is 11.0 Å². The van der Waals surface area contributed by atoms with E-state index in [4.69, 9.17) is 4.42 Å². The van der Waals surface area contributed by atoms with Gasteiger partial charge in [-0.05, 0) is 60.7 Å². The largest absolute Gasteiger partial charge is 0.423 e. The number of fused-ring (bicyclic) bond motifs is 2. The first kappa shape index (κ1) is 19.5. The lowest BCUT2D eigenvalue weighted by Gasteiger charge is -2.10. The minimum absolute atomic E-state index is 0.105. The molecule has 3 aromatic heterocycles. The Morgan fingerprint density at radius 2 is 1.74 bits per heavy atom. The molecule has 154 valence electrons. The molecule has 0 saturated carbocycles. The Balaban J connectivity index is 1.67. The molecule has 31 heavy (non-hydrogen) atoms. The van der Waals surface area contributed by atoms with Crippen molar-refractivity contribution in [2.24, 2.45) is 0 Å². The van der Waals surface area contributed by atoms with Gasteiger partial charge in [0.05, 0.1) is 18.3 Å². The van der Waals surface area contributed by atoms with Crippen molar-refractivity contribution in [3.63, 3.8) is 0 Å². The molecule has 3 heterocycles. The van der Waals surface area contributed by atoms with Gasteiger partial charge < -0.3 is 4.42 Å². The van der Waals surface area contributed by atoms with E-state index in [-0.39, 0.29) is 12.1 Å². The van der Waals surface area contributed by atoms with Crippen LogP contribution in [0.3, 0.4) is 0 Å². The molecule has 0 spiro atoms. The predicted octanol–water partition coefficient (Wildman–Crippen LogP) is 5.20. The second-order valence-electron chi connectivity index (χ2n) is 7.80. The van der Waals surface area contributed by atoms with Crippen LogP contribution in [0.2, 0.25) is 0 Å². The van der Waals surface area contributed by atoms with Crippen LogP contribution in [0.15, 0.2) is 68.9 Å². The van der Waals surface area contributed by atoms with Crippen molar-refractivity contribution < 1.29 is 4.42 Å². The number of aryl methyl sites for hydroxylation is 3. The van der Waals surface area contributed by atoms with Crippen LogP contribution in [0, 0.1) is 20.8 Å². The van der Waals surface area contributed by atoms with Crippen molar-refractivity contribution in [3.05, 3.63) is 97.9 Å². The number of hydrogen-bond donors (Lipinski definition) is 0. The summed E-state index contributed by atoms with van der Waals surface area (Å²) < 4.78 is 6.96. The third kappa shape index (κ3) is 3.29. The Morgan fingerprint density at radius 3 is 2.52 bits per heavy atom. The third-order valence-electron chi connectivity index (χ3n) is 5.74. The third-order valence-corrected chi connectivity index (χ3v) is 6.99. The lowest BCUT2D eigenvalue weighted by Crippen LogP contribution is -2.21. The molecule has 0 unspecified atom stereocenters. The number of nitrogens with zero attached hydrogens (tertiary/aromatic N) is 2. The van der Waals surface area contributed by atoms with Gasteiger partial charge in [-0.25, -0.2) is 9.78 Å². The van der Waals surface area contributed by atoms with Gasteiger partial charge >= 0.3 is 5.63 Å². The summed E-state index contributed by atoms with van der Waals surface area (Å²) >= 11 is 1.53. The summed E-state index contributed by atoms with van der Waals surface area (Å²) in [5, 5.41) is 1.47. The molecule has 0 bridgehead atoms. The quantitative estimate of drug-likeness (QED) is 0.370. The van der Waals surface area contributed by atoms with Gasteiger partial charge in [-0.1, -0.05) is 30.3 Å². The van der Waals surface area contributed by atoms with Gasteiger partial charge in [0.1, 0.15) is 10.4 Å². The predicted molar refractivity (Wildman–Crippen MR) is 125 cm³/mol. The molecule has 6 heteroatoms. The molecule has 5 nitrogen and oxygen atoms in total.